The molecule has 8 heteroatoms. The topological polar surface area (TPSA) is 79.4 Å². The van der Waals surface area contributed by atoms with Crippen LogP contribution in [-0.2, 0) is 27.9 Å². The molecule has 0 fully saturated rings. The van der Waals surface area contributed by atoms with Crippen LogP contribution in [0.5, 0.6) is 0 Å². The zero-order chi connectivity index (χ0) is 17.6. The lowest BCUT2D eigenvalue weighted by Gasteiger charge is -2.20. The van der Waals surface area contributed by atoms with Crippen molar-refractivity contribution >= 4 is 15.9 Å². The molecule has 0 bridgehead atoms. The molecule has 0 saturated carbocycles. The molecule has 0 saturated heterocycles. The molecule has 1 amide bonds. The van der Waals surface area contributed by atoms with Crippen molar-refractivity contribution in [2.24, 2.45) is 0 Å². The second-order valence-electron chi connectivity index (χ2n) is 5.26. The Balaban J connectivity index is 2.01. The van der Waals surface area contributed by atoms with Gasteiger partial charge in [0.1, 0.15) is 5.82 Å². The minimum absolute atomic E-state index is 0.203. The highest BCUT2D eigenvalue weighted by Gasteiger charge is 2.21. The first-order chi connectivity index (χ1) is 11.4. The van der Waals surface area contributed by atoms with Crippen LogP contribution in [0.15, 0.2) is 48.8 Å². The lowest BCUT2D eigenvalue weighted by Crippen LogP contribution is -2.39. The normalized spacial score (nSPS) is 11.5. The summed E-state index contributed by atoms with van der Waals surface area (Å²) in [7, 11) is -3.66. The number of amides is 1. The van der Waals surface area contributed by atoms with Crippen LogP contribution in [0.2, 0.25) is 0 Å². The van der Waals surface area contributed by atoms with Crippen molar-refractivity contribution in [1.29, 1.82) is 0 Å². The molecule has 1 heterocycles. The van der Waals surface area contributed by atoms with Crippen molar-refractivity contribution in [1.82, 2.24) is 14.6 Å². The predicted molar refractivity (Wildman–Crippen MR) is 87.7 cm³/mol. The highest BCUT2D eigenvalue weighted by atomic mass is 32.2. The Labute approximate surface area is 140 Å². The third-order valence-corrected chi connectivity index (χ3v) is 4.50. The van der Waals surface area contributed by atoms with E-state index in [9.17, 15) is 17.6 Å². The number of sulfonamides is 1. The Morgan fingerprint density at radius 2 is 2.00 bits per heavy atom. The summed E-state index contributed by atoms with van der Waals surface area (Å²) in [5, 5.41) is 2.62. The Morgan fingerprint density at radius 1 is 1.25 bits per heavy atom. The number of benzene rings is 1. The molecule has 0 unspecified atom stereocenters. The van der Waals surface area contributed by atoms with Gasteiger partial charge in [0.25, 0.3) is 0 Å². The molecule has 2 rings (SSSR count). The summed E-state index contributed by atoms with van der Waals surface area (Å²) in [5.41, 5.74) is 1.01. The third kappa shape index (κ3) is 5.39. The number of carbonyl (C=O) groups is 1. The van der Waals surface area contributed by atoms with Gasteiger partial charge < -0.3 is 5.32 Å². The van der Waals surface area contributed by atoms with Gasteiger partial charge in [0.2, 0.25) is 15.9 Å². The van der Waals surface area contributed by atoms with Crippen molar-refractivity contribution in [2.45, 2.75) is 13.1 Å². The van der Waals surface area contributed by atoms with Crippen molar-refractivity contribution in [2.75, 3.05) is 12.8 Å². The van der Waals surface area contributed by atoms with E-state index in [0.717, 1.165) is 16.1 Å². The van der Waals surface area contributed by atoms with E-state index in [1.165, 1.54) is 18.2 Å². The first-order valence-electron chi connectivity index (χ1n) is 7.20. The Morgan fingerprint density at radius 3 is 2.62 bits per heavy atom. The molecule has 0 aliphatic heterocycles. The van der Waals surface area contributed by atoms with Gasteiger partial charge in [-0.1, -0.05) is 24.3 Å². The average Bonchev–Trinajstić information content (AvgIpc) is 2.54. The van der Waals surface area contributed by atoms with E-state index in [-0.39, 0.29) is 25.2 Å². The average molecular weight is 351 g/mol. The van der Waals surface area contributed by atoms with Crippen molar-refractivity contribution < 1.29 is 17.6 Å². The number of pyridine rings is 1. The van der Waals surface area contributed by atoms with Gasteiger partial charge >= 0.3 is 0 Å². The van der Waals surface area contributed by atoms with Crippen LogP contribution >= 0.6 is 0 Å². The number of nitrogens with one attached hydrogen (secondary N) is 1. The fourth-order valence-electron chi connectivity index (χ4n) is 2.03. The van der Waals surface area contributed by atoms with Crippen LogP contribution in [0.3, 0.4) is 0 Å². The molecule has 1 aromatic heterocycles. The molecule has 6 nitrogen and oxygen atoms in total. The molecule has 0 radical (unpaired) electrons. The summed E-state index contributed by atoms with van der Waals surface area (Å²) in [4.78, 5) is 15.9. The minimum Gasteiger partial charge on any atom is -0.351 e. The molecule has 1 aromatic carbocycles. The molecule has 0 atom stereocenters. The summed E-state index contributed by atoms with van der Waals surface area (Å²) in [6.45, 7) is -0.344. The SMILES string of the molecule is CS(=O)(=O)N(CC(=O)NCc1cccnc1)Cc1ccccc1F. The number of hydrogen-bond donors (Lipinski definition) is 1. The summed E-state index contributed by atoms with van der Waals surface area (Å²) in [6, 6.07) is 9.40. The molecule has 2 aromatic rings. The molecule has 0 aliphatic rings. The fraction of sp³-hybridized carbons (Fsp3) is 0.250. The van der Waals surface area contributed by atoms with Gasteiger partial charge in [-0.15, -0.1) is 0 Å². The van der Waals surface area contributed by atoms with Gasteiger partial charge in [-0.25, -0.2) is 12.8 Å². The standard InChI is InChI=1S/C16H18FN3O3S/c1-24(22,23)20(11-14-6-2-3-7-15(14)17)12-16(21)19-10-13-5-4-8-18-9-13/h2-9H,10-12H2,1H3,(H,19,21). The van der Waals surface area contributed by atoms with Crippen molar-refractivity contribution in [3.05, 3.63) is 65.7 Å². The summed E-state index contributed by atoms with van der Waals surface area (Å²) in [5.74, 6) is -0.984. The monoisotopic (exact) mass is 351 g/mol. The minimum atomic E-state index is -3.66. The largest absolute Gasteiger partial charge is 0.351 e. The first kappa shape index (κ1) is 18.0. The van der Waals surface area contributed by atoms with Crippen molar-refractivity contribution in [3.8, 4) is 0 Å². The number of aromatic nitrogens is 1. The number of rotatable bonds is 7. The van der Waals surface area contributed by atoms with E-state index in [1.807, 2.05) is 0 Å². The zero-order valence-corrected chi connectivity index (χ0v) is 14.0. The van der Waals surface area contributed by atoms with Gasteiger partial charge in [0.15, 0.2) is 0 Å². The highest BCUT2D eigenvalue weighted by molar-refractivity contribution is 7.88. The van der Waals surface area contributed by atoms with Gasteiger partial charge in [0, 0.05) is 31.0 Å². The van der Waals surface area contributed by atoms with Gasteiger partial charge in [-0.2, -0.15) is 4.31 Å². The second-order valence-corrected chi connectivity index (χ2v) is 7.24. The Bertz CT molecular complexity index is 797. The van der Waals surface area contributed by atoms with Crippen molar-refractivity contribution in [3.63, 3.8) is 0 Å². The molecule has 24 heavy (non-hydrogen) atoms. The van der Waals surface area contributed by atoms with Gasteiger partial charge in [-0.05, 0) is 17.7 Å². The maximum atomic E-state index is 13.7. The first-order valence-corrected chi connectivity index (χ1v) is 9.05. The lowest BCUT2D eigenvalue weighted by molar-refractivity contribution is -0.121. The van der Waals surface area contributed by atoms with E-state index in [0.29, 0.717) is 0 Å². The number of hydrogen-bond acceptors (Lipinski definition) is 4. The molecule has 128 valence electrons. The maximum Gasteiger partial charge on any atom is 0.235 e. The smallest absolute Gasteiger partial charge is 0.235 e. The van der Waals surface area contributed by atoms with Crippen LogP contribution in [0, 0.1) is 5.82 Å². The molecule has 1 N–H and O–H groups in total. The number of halogens is 1. The maximum absolute atomic E-state index is 13.7. The summed E-state index contributed by atoms with van der Waals surface area (Å²) < 4.78 is 38.4. The molecular formula is C16H18FN3O3S. The van der Waals surface area contributed by atoms with Gasteiger partial charge in [0.05, 0.1) is 12.8 Å². The molecular weight excluding hydrogens is 333 g/mol. The van der Waals surface area contributed by atoms with E-state index in [1.54, 1.807) is 30.6 Å². The summed E-state index contributed by atoms with van der Waals surface area (Å²) in [6.07, 6.45) is 4.21. The highest BCUT2D eigenvalue weighted by Crippen LogP contribution is 2.12. The number of carbonyl (C=O) groups excluding carboxylic acids is 1. The summed E-state index contributed by atoms with van der Waals surface area (Å²) >= 11 is 0. The van der Waals surface area contributed by atoms with Crippen LogP contribution in [0.4, 0.5) is 4.39 Å². The fourth-order valence-corrected chi connectivity index (χ4v) is 2.75. The quantitative estimate of drug-likeness (QED) is 0.815. The van der Waals surface area contributed by atoms with Crippen LogP contribution in [0.25, 0.3) is 0 Å². The Kier molecular flexibility index (Phi) is 5.99. The third-order valence-electron chi connectivity index (χ3n) is 3.31. The van der Waals surface area contributed by atoms with E-state index in [4.69, 9.17) is 0 Å². The predicted octanol–water partition coefficient (Wildman–Crippen LogP) is 1.30. The van der Waals surface area contributed by atoms with Crippen LogP contribution in [-0.4, -0.2) is 36.4 Å². The number of nitrogens with zero attached hydrogens (tertiary/aromatic N) is 2. The van der Waals surface area contributed by atoms with Crippen LogP contribution in [0.1, 0.15) is 11.1 Å². The van der Waals surface area contributed by atoms with E-state index < -0.39 is 21.7 Å². The Hall–Kier alpha value is -2.32. The van der Waals surface area contributed by atoms with E-state index >= 15 is 0 Å². The lowest BCUT2D eigenvalue weighted by atomic mass is 10.2. The second kappa shape index (κ2) is 7.98. The molecule has 0 spiro atoms. The van der Waals surface area contributed by atoms with Gasteiger partial charge in [-0.3, -0.25) is 9.78 Å². The van der Waals surface area contributed by atoms with E-state index in [2.05, 4.69) is 10.3 Å². The van der Waals surface area contributed by atoms with Crippen LogP contribution < -0.4 is 5.32 Å². The zero-order valence-electron chi connectivity index (χ0n) is 13.1. The molecule has 0 aliphatic carbocycles.